The van der Waals surface area contributed by atoms with Crippen molar-refractivity contribution in [2.24, 2.45) is 0 Å². The minimum Gasteiger partial charge on any atom is -0.496 e. The Labute approximate surface area is 147 Å². The number of hydrogen-bond acceptors (Lipinski definition) is 4. The zero-order chi connectivity index (χ0) is 17.5. The van der Waals surface area contributed by atoms with E-state index in [1.54, 1.807) is 7.11 Å². The van der Waals surface area contributed by atoms with Crippen LogP contribution in [0, 0.1) is 0 Å². The van der Waals surface area contributed by atoms with Gasteiger partial charge in [0.2, 0.25) is 0 Å². The monoisotopic (exact) mass is 343 g/mol. The van der Waals surface area contributed by atoms with Gasteiger partial charge in [-0.15, -0.1) is 10.2 Å². The van der Waals surface area contributed by atoms with E-state index in [-0.39, 0.29) is 6.03 Å². The van der Waals surface area contributed by atoms with Gasteiger partial charge in [0.15, 0.2) is 0 Å². The molecule has 2 aromatic rings. The number of nitrogens with one attached hydrogen (secondary N) is 2. The fourth-order valence-electron chi connectivity index (χ4n) is 3.11. The van der Waals surface area contributed by atoms with Crippen LogP contribution in [-0.4, -0.2) is 34.5 Å². The number of benzene rings is 1. The molecule has 2 N–H and O–H groups in total. The zero-order valence-electron chi connectivity index (χ0n) is 14.6. The Morgan fingerprint density at radius 3 is 2.96 bits per heavy atom. The van der Waals surface area contributed by atoms with Crippen LogP contribution in [0.4, 0.5) is 4.79 Å². The summed E-state index contributed by atoms with van der Waals surface area (Å²) in [5.74, 6) is 2.81. The molecule has 0 atom stereocenters. The number of para-hydroxylation sites is 1. The highest BCUT2D eigenvalue weighted by Gasteiger charge is 2.14. The van der Waals surface area contributed by atoms with Crippen molar-refractivity contribution < 1.29 is 9.53 Å². The molecule has 0 spiro atoms. The molecule has 0 saturated heterocycles. The van der Waals surface area contributed by atoms with Gasteiger partial charge in [-0.3, -0.25) is 0 Å². The van der Waals surface area contributed by atoms with Gasteiger partial charge in [0.25, 0.3) is 0 Å². The Hall–Kier alpha value is -2.57. The second-order valence-corrected chi connectivity index (χ2v) is 6.17. The van der Waals surface area contributed by atoms with Crippen molar-refractivity contribution in [1.82, 2.24) is 25.4 Å². The van der Waals surface area contributed by atoms with Crippen LogP contribution in [-0.2, 0) is 25.9 Å². The minimum absolute atomic E-state index is 0.193. The van der Waals surface area contributed by atoms with Crippen molar-refractivity contribution >= 4 is 6.03 Å². The van der Waals surface area contributed by atoms with Crippen LogP contribution in [0.5, 0.6) is 5.75 Å². The molecule has 1 aromatic carbocycles. The van der Waals surface area contributed by atoms with E-state index < -0.39 is 0 Å². The first-order chi connectivity index (χ1) is 12.3. The molecule has 1 aliphatic rings. The van der Waals surface area contributed by atoms with E-state index in [4.69, 9.17) is 4.74 Å². The number of hydrogen-bond donors (Lipinski definition) is 2. The third-order valence-corrected chi connectivity index (χ3v) is 4.45. The molecule has 7 heteroatoms. The predicted octanol–water partition coefficient (Wildman–Crippen LogP) is 2.05. The first-order valence-electron chi connectivity index (χ1n) is 8.82. The molecule has 0 aliphatic carbocycles. The summed E-state index contributed by atoms with van der Waals surface area (Å²) in [5, 5.41) is 14.3. The average molecular weight is 343 g/mol. The number of urea groups is 1. The maximum absolute atomic E-state index is 12.0. The molecule has 1 aliphatic heterocycles. The summed E-state index contributed by atoms with van der Waals surface area (Å²) in [6.45, 7) is 1.95. The normalized spacial score (nSPS) is 13.6. The number of aromatic nitrogens is 3. The molecule has 0 bridgehead atoms. The number of aryl methyl sites for hydroxylation is 1. The number of nitrogens with zero attached hydrogens (tertiary/aromatic N) is 3. The van der Waals surface area contributed by atoms with E-state index in [0.717, 1.165) is 35.9 Å². The van der Waals surface area contributed by atoms with E-state index in [2.05, 4.69) is 25.4 Å². The lowest BCUT2D eigenvalue weighted by Crippen LogP contribution is -2.36. The molecule has 2 heterocycles. The number of fused-ring (bicyclic) bond motifs is 1. The summed E-state index contributed by atoms with van der Waals surface area (Å²) in [5.41, 5.74) is 0.947. The third kappa shape index (κ3) is 4.49. The van der Waals surface area contributed by atoms with Crippen molar-refractivity contribution in [2.75, 3.05) is 13.7 Å². The molecule has 134 valence electrons. The van der Waals surface area contributed by atoms with Gasteiger partial charge in [0, 0.05) is 38.0 Å². The van der Waals surface area contributed by atoms with Crippen molar-refractivity contribution in [3.63, 3.8) is 0 Å². The SMILES string of the molecule is COc1ccccc1CNC(=O)NCCc1nnc2n1CCCCC2. The quantitative estimate of drug-likeness (QED) is 0.841. The number of methoxy groups -OCH3 is 1. The Morgan fingerprint density at radius 1 is 1.20 bits per heavy atom. The first-order valence-corrected chi connectivity index (χ1v) is 8.82. The fraction of sp³-hybridized carbons (Fsp3) is 0.500. The molecule has 0 fully saturated rings. The summed E-state index contributed by atoms with van der Waals surface area (Å²) in [6, 6.07) is 7.45. The van der Waals surface area contributed by atoms with Gasteiger partial charge in [-0.2, -0.15) is 0 Å². The lowest BCUT2D eigenvalue weighted by atomic mass is 10.2. The van der Waals surface area contributed by atoms with Gasteiger partial charge in [0.05, 0.1) is 7.11 Å². The molecule has 3 rings (SSSR count). The highest BCUT2D eigenvalue weighted by atomic mass is 16.5. The van der Waals surface area contributed by atoms with E-state index in [1.807, 2.05) is 24.3 Å². The van der Waals surface area contributed by atoms with Crippen molar-refractivity contribution in [2.45, 2.75) is 45.2 Å². The van der Waals surface area contributed by atoms with Crippen molar-refractivity contribution in [3.05, 3.63) is 41.5 Å². The lowest BCUT2D eigenvalue weighted by molar-refractivity contribution is 0.240. The number of amides is 2. The molecule has 25 heavy (non-hydrogen) atoms. The molecule has 0 saturated carbocycles. The minimum atomic E-state index is -0.193. The Morgan fingerprint density at radius 2 is 2.08 bits per heavy atom. The van der Waals surface area contributed by atoms with Crippen LogP contribution in [0.25, 0.3) is 0 Å². The second kappa shape index (κ2) is 8.50. The summed E-state index contributed by atoms with van der Waals surface area (Å²) >= 11 is 0. The maximum atomic E-state index is 12.0. The molecule has 0 radical (unpaired) electrons. The van der Waals surface area contributed by atoms with E-state index >= 15 is 0 Å². The summed E-state index contributed by atoms with van der Waals surface area (Å²) in [6.07, 6.45) is 5.29. The van der Waals surface area contributed by atoms with Gasteiger partial charge in [-0.25, -0.2) is 4.79 Å². The Bertz CT molecular complexity index is 713. The summed E-state index contributed by atoms with van der Waals surface area (Å²) < 4.78 is 7.49. The van der Waals surface area contributed by atoms with Crippen LogP contribution in [0.3, 0.4) is 0 Å². The largest absolute Gasteiger partial charge is 0.496 e. The molecular formula is C18H25N5O2. The molecule has 1 aromatic heterocycles. The highest BCUT2D eigenvalue weighted by Crippen LogP contribution is 2.16. The molecular weight excluding hydrogens is 318 g/mol. The van der Waals surface area contributed by atoms with Crippen LogP contribution >= 0.6 is 0 Å². The van der Waals surface area contributed by atoms with E-state index in [9.17, 15) is 4.79 Å². The van der Waals surface area contributed by atoms with Crippen molar-refractivity contribution in [3.8, 4) is 5.75 Å². The van der Waals surface area contributed by atoms with Crippen LogP contribution < -0.4 is 15.4 Å². The van der Waals surface area contributed by atoms with Gasteiger partial charge in [-0.1, -0.05) is 24.6 Å². The number of rotatable bonds is 6. The summed E-state index contributed by atoms with van der Waals surface area (Å²) in [4.78, 5) is 12.0. The smallest absolute Gasteiger partial charge is 0.315 e. The molecule has 2 amide bonds. The van der Waals surface area contributed by atoms with Crippen LogP contribution in [0.1, 0.15) is 36.5 Å². The van der Waals surface area contributed by atoms with Crippen molar-refractivity contribution in [1.29, 1.82) is 0 Å². The number of carbonyl (C=O) groups is 1. The van der Waals surface area contributed by atoms with E-state index in [0.29, 0.717) is 19.5 Å². The second-order valence-electron chi connectivity index (χ2n) is 6.17. The van der Waals surface area contributed by atoms with E-state index in [1.165, 1.54) is 19.3 Å². The zero-order valence-corrected chi connectivity index (χ0v) is 14.6. The first kappa shape index (κ1) is 17.3. The lowest BCUT2D eigenvalue weighted by Gasteiger charge is -2.11. The number of ether oxygens (including phenoxy) is 1. The topological polar surface area (TPSA) is 81.1 Å². The maximum Gasteiger partial charge on any atom is 0.315 e. The molecule has 7 nitrogen and oxygen atoms in total. The van der Waals surface area contributed by atoms with Gasteiger partial charge >= 0.3 is 6.03 Å². The fourth-order valence-corrected chi connectivity index (χ4v) is 3.11. The average Bonchev–Trinajstić information content (AvgIpc) is 2.87. The van der Waals surface area contributed by atoms with Gasteiger partial charge in [0.1, 0.15) is 17.4 Å². The Kier molecular flexibility index (Phi) is 5.87. The molecule has 0 unspecified atom stereocenters. The predicted molar refractivity (Wildman–Crippen MR) is 94.5 cm³/mol. The van der Waals surface area contributed by atoms with Crippen LogP contribution in [0.2, 0.25) is 0 Å². The van der Waals surface area contributed by atoms with Gasteiger partial charge < -0.3 is 19.9 Å². The third-order valence-electron chi connectivity index (χ3n) is 4.45. The summed E-state index contributed by atoms with van der Waals surface area (Å²) in [7, 11) is 1.63. The van der Waals surface area contributed by atoms with Crippen LogP contribution in [0.15, 0.2) is 24.3 Å². The standard InChI is InChI=1S/C18H25N5O2/c1-25-15-8-5-4-7-14(15)13-20-18(24)19-11-10-17-22-21-16-9-3-2-6-12-23(16)17/h4-5,7-8H,2-3,6,9-13H2,1H3,(H2,19,20,24). The highest BCUT2D eigenvalue weighted by molar-refractivity contribution is 5.73. The Balaban J connectivity index is 1.45. The van der Waals surface area contributed by atoms with Gasteiger partial charge in [-0.05, 0) is 18.9 Å². The number of carbonyl (C=O) groups excluding carboxylic acids is 1.